The van der Waals surface area contributed by atoms with Crippen molar-refractivity contribution < 1.29 is 22.4 Å². The van der Waals surface area contributed by atoms with E-state index < -0.39 is 17.9 Å². The van der Waals surface area contributed by atoms with E-state index in [0.29, 0.717) is 48.7 Å². The standard InChI is InChI=1S/C19H17F4N3O/c20-15-10-25(11-15)4-5-26-17-7-13(9-24-16(17)8-18(26)27)12-2-1-3-14(6-12)19(21,22)23/h1-3,6-7,9,15H,4-5,8,10-11H2. The Morgan fingerprint density at radius 2 is 1.89 bits per heavy atom. The summed E-state index contributed by atoms with van der Waals surface area (Å²) in [5.74, 6) is -0.101. The number of hydrogen-bond donors (Lipinski definition) is 0. The van der Waals surface area contributed by atoms with Crippen LogP contribution in [0.4, 0.5) is 23.2 Å². The lowest BCUT2D eigenvalue weighted by Crippen LogP contribution is -2.51. The van der Waals surface area contributed by atoms with Crippen LogP contribution in [0.15, 0.2) is 36.5 Å². The molecule has 0 atom stereocenters. The van der Waals surface area contributed by atoms with Gasteiger partial charge in [-0.15, -0.1) is 0 Å². The van der Waals surface area contributed by atoms with Crippen molar-refractivity contribution in [1.29, 1.82) is 0 Å². The molecule has 1 saturated heterocycles. The van der Waals surface area contributed by atoms with E-state index in [9.17, 15) is 22.4 Å². The van der Waals surface area contributed by atoms with Gasteiger partial charge in [0.25, 0.3) is 0 Å². The minimum absolute atomic E-state index is 0.101. The third-order valence-electron chi connectivity index (χ3n) is 4.93. The Morgan fingerprint density at radius 1 is 1.11 bits per heavy atom. The van der Waals surface area contributed by atoms with Gasteiger partial charge in [-0.25, -0.2) is 4.39 Å². The first-order valence-corrected chi connectivity index (χ1v) is 8.64. The van der Waals surface area contributed by atoms with Gasteiger partial charge in [-0.2, -0.15) is 13.2 Å². The Bertz CT molecular complexity index is 877. The molecule has 3 heterocycles. The Balaban J connectivity index is 1.58. The van der Waals surface area contributed by atoms with E-state index in [0.717, 1.165) is 12.1 Å². The van der Waals surface area contributed by atoms with Crippen LogP contribution >= 0.6 is 0 Å². The van der Waals surface area contributed by atoms with Crippen molar-refractivity contribution in [2.24, 2.45) is 0 Å². The van der Waals surface area contributed by atoms with Crippen molar-refractivity contribution >= 4 is 11.6 Å². The van der Waals surface area contributed by atoms with E-state index in [1.807, 2.05) is 4.90 Å². The Hall–Kier alpha value is -2.48. The molecule has 0 N–H and O–H groups in total. The maximum atomic E-state index is 13.0. The zero-order valence-electron chi connectivity index (χ0n) is 14.3. The smallest absolute Gasteiger partial charge is 0.309 e. The van der Waals surface area contributed by atoms with Crippen LogP contribution in [0.1, 0.15) is 11.3 Å². The summed E-state index contributed by atoms with van der Waals surface area (Å²) >= 11 is 0. The lowest BCUT2D eigenvalue weighted by atomic mass is 10.0. The van der Waals surface area contributed by atoms with Gasteiger partial charge in [0.1, 0.15) is 6.17 Å². The number of anilines is 1. The number of carbonyl (C=O) groups is 1. The number of aromatic nitrogens is 1. The van der Waals surface area contributed by atoms with Crippen LogP contribution in [0.25, 0.3) is 11.1 Å². The van der Waals surface area contributed by atoms with Crippen LogP contribution in [0.2, 0.25) is 0 Å². The van der Waals surface area contributed by atoms with Gasteiger partial charge < -0.3 is 4.90 Å². The molecule has 4 nitrogen and oxygen atoms in total. The lowest BCUT2D eigenvalue weighted by Gasteiger charge is -2.35. The highest BCUT2D eigenvalue weighted by molar-refractivity contribution is 6.01. The summed E-state index contributed by atoms with van der Waals surface area (Å²) in [6.45, 7) is 1.71. The molecular weight excluding hydrogens is 362 g/mol. The molecule has 4 rings (SSSR count). The average Bonchev–Trinajstić information content (AvgIpc) is 2.91. The summed E-state index contributed by atoms with van der Waals surface area (Å²) in [5.41, 5.74) is 1.41. The second-order valence-corrected chi connectivity index (χ2v) is 6.85. The molecule has 8 heteroatoms. The van der Waals surface area contributed by atoms with E-state index in [1.54, 1.807) is 17.0 Å². The number of carbonyl (C=O) groups excluding carboxylic acids is 1. The largest absolute Gasteiger partial charge is 0.416 e. The summed E-state index contributed by atoms with van der Waals surface area (Å²) < 4.78 is 51.8. The van der Waals surface area contributed by atoms with E-state index in [2.05, 4.69) is 4.98 Å². The van der Waals surface area contributed by atoms with Crippen LogP contribution in [0.5, 0.6) is 0 Å². The molecule has 0 bridgehead atoms. The molecule has 2 aliphatic rings. The fraction of sp³-hybridized carbons (Fsp3) is 0.368. The van der Waals surface area contributed by atoms with Crippen LogP contribution in [0.3, 0.4) is 0 Å². The second kappa shape index (κ2) is 6.60. The van der Waals surface area contributed by atoms with E-state index in [4.69, 9.17) is 0 Å². The van der Waals surface area contributed by atoms with Crippen LogP contribution in [-0.2, 0) is 17.4 Å². The van der Waals surface area contributed by atoms with Gasteiger partial charge in [0.05, 0.1) is 23.4 Å². The molecular formula is C19H17F4N3O. The molecule has 0 saturated carbocycles. The highest BCUT2D eigenvalue weighted by atomic mass is 19.4. The van der Waals surface area contributed by atoms with E-state index in [1.165, 1.54) is 12.3 Å². The number of alkyl halides is 4. The minimum atomic E-state index is -4.42. The zero-order chi connectivity index (χ0) is 19.2. The number of hydrogen-bond acceptors (Lipinski definition) is 3. The predicted molar refractivity (Wildman–Crippen MR) is 92.1 cm³/mol. The van der Waals surface area contributed by atoms with Gasteiger partial charge in [0.2, 0.25) is 5.91 Å². The van der Waals surface area contributed by atoms with Crippen molar-refractivity contribution in [2.45, 2.75) is 18.8 Å². The number of pyridine rings is 1. The van der Waals surface area contributed by atoms with Crippen molar-refractivity contribution in [3.8, 4) is 11.1 Å². The fourth-order valence-corrected chi connectivity index (χ4v) is 3.43. The number of halogens is 4. The molecule has 1 aromatic heterocycles. The van der Waals surface area contributed by atoms with Crippen LogP contribution < -0.4 is 4.90 Å². The first-order valence-electron chi connectivity index (χ1n) is 8.64. The topological polar surface area (TPSA) is 36.4 Å². The normalized spacial score (nSPS) is 17.9. The maximum Gasteiger partial charge on any atom is 0.416 e. The number of nitrogens with zero attached hydrogens (tertiary/aromatic N) is 3. The summed E-state index contributed by atoms with van der Waals surface area (Å²) in [6.07, 6.45) is -3.56. The summed E-state index contributed by atoms with van der Waals surface area (Å²) in [6, 6.07) is 6.74. The second-order valence-electron chi connectivity index (χ2n) is 6.85. The van der Waals surface area contributed by atoms with Crippen molar-refractivity contribution in [3.05, 3.63) is 47.8 Å². The van der Waals surface area contributed by atoms with Gasteiger partial charge in [-0.1, -0.05) is 12.1 Å². The average molecular weight is 379 g/mol. The third-order valence-corrected chi connectivity index (χ3v) is 4.93. The molecule has 2 aliphatic heterocycles. The highest BCUT2D eigenvalue weighted by Crippen LogP contribution is 2.35. The van der Waals surface area contributed by atoms with E-state index in [-0.39, 0.29) is 12.3 Å². The van der Waals surface area contributed by atoms with Crippen molar-refractivity contribution in [3.63, 3.8) is 0 Å². The zero-order valence-corrected chi connectivity index (χ0v) is 14.3. The molecule has 2 aromatic rings. The molecule has 27 heavy (non-hydrogen) atoms. The van der Waals surface area contributed by atoms with Crippen molar-refractivity contribution in [2.75, 3.05) is 31.1 Å². The van der Waals surface area contributed by atoms with Crippen LogP contribution in [0, 0.1) is 0 Å². The Morgan fingerprint density at radius 3 is 2.59 bits per heavy atom. The summed E-state index contributed by atoms with van der Waals surface area (Å²) in [7, 11) is 0. The minimum Gasteiger partial charge on any atom is -0.309 e. The Kier molecular flexibility index (Phi) is 4.38. The molecule has 1 fully saturated rings. The summed E-state index contributed by atoms with van der Waals surface area (Å²) in [4.78, 5) is 20.1. The summed E-state index contributed by atoms with van der Waals surface area (Å²) in [5, 5.41) is 0. The van der Waals surface area contributed by atoms with Gasteiger partial charge >= 0.3 is 6.18 Å². The molecule has 0 radical (unpaired) electrons. The highest BCUT2D eigenvalue weighted by Gasteiger charge is 2.32. The molecule has 0 spiro atoms. The molecule has 142 valence electrons. The maximum absolute atomic E-state index is 13.0. The number of fused-ring (bicyclic) bond motifs is 1. The molecule has 0 unspecified atom stereocenters. The van der Waals surface area contributed by atoms with Gasteiger partial charge in [-0.3, -0.25) is 14.7 Å². The number of benzene rings is 1. The molecule has 1 aromatic carbocycles. The lowest BCUT2D eigenvalue weighted by molar-refractivity contribution is -0.137. The molecule has 0 aliphatic carbocycles. The number of amides is 1. The SMILES string of the molecule is O=C1Cc2ncc(-c3cccc(C(F)(F)F)c3)cc2N1CCN1CC(F)C1. The van der Waals surface area contributed by atoms with E-state index >= 15 is 0 Å². The number of likely N-dealkylation sites (tertiary alicyclic amines) is 1. The molecule has 1 amide bonds. The fourth-order valence-electron chi connectivity index (χ4n) is 3.43. The predicted octanol–water partition coefficient (Wildman–Crippen LogP) is 3.31. The Labute approximate surface area is 153 Å². The van der Waals surface area contributed by atoms with Gasteiger partial charge in [0, 0.05) is 37.9 Å². The monoisotopic (exact) mass is 379 g/mol. The first-order chi connectivity index (χ1) is 12.8. The van der Waals surface area contributed by atoms with Crippen LogP contribution in [-0.4, -0.2) is 48.1 Å². The third kappa shape index (κ3) is 3.53. The first kappa shape index (κ1) is 17.9. The number of rotatable bonds is 4. The quantitative estimate of drug-likeness (QED) is 0.765. The van der Waals surface area contributed by atoms with Gasteiger partial charge in [0.15, 0.2) is 0 Å². The van der Waals surface area contributed by atoms with Gasteiger partial charge in [-0.05, 0) is 23.8 Å². The van der Waals surface area contributed by atoms with Crippen molar-refractivity contribution in [1.82, 2.24) is 9.88 Å².